The monoisotopic (exact) mass is 483 g/mol. The smallest absolute Gasteiger partial charge is 0.321 e. The Balaban J connectivity index is 1.32. The maximum atomic E-state index is 12.5. The predicted octanol–water partition coefficient (Wildman–Crippen LogP) is 4.34. The molecule has 1 N–H and O–H groups in total. The van der Waals surface area contributed by atoms with Crippen LogP contribution in [-0.2, 0) is 6.42 Å². The van der Waals surface area contributed by atoms with Crippen LogP contribution in [-0.4, -0.2) is 65.7 Å². The lowest BCUT2D eigenvalue weighted by atomic mass is 10.1. The second kappa shape index (κ2) is 10.6. The SMILES string of the molecule is COc1ccc(Cl)cc1NC(=O)N(C)CCc1noc(-c2ccc(C(=O)N3CCCC3)cc2)n1. The van der Waals surface area contributed by atoms with Gasteiger partial charge in [-0.25, -0.2) is 4.79 Å². The van der Waals surface area contributed by atoms with Crippen molar-refractivity contribution < 1.29 is 18.8 Å². The topological polar surface area (TPSA) is 101 Å². The lowest BCUT2D eigenvalue weighted by Gasteiger charge is -2.18. The van der Waals surface area contributed by atoms with Crippen LogP contribution >= 0.6 is 11.6 Å². The number of ether oxygens (including phenoxy) is 1. The minimum atomic E-state index is -0.317. The molecule has 34 heavy (non-hydrogen) atoms. The zero-order valence-corrected chi connectivity index (χ0v) is 19.8. The summed E-state index contributed by atoms with van der Waals surface area (Å²) in [6, 6.07) is 11.9. The van der Waals surface area contributed by atoms with E-state index in [4.69, 9.17) is 20.9 Å². The largest absolute Gasteiger partial charge is 0.495 e. The van der Waals surface area contributed by atoms with E-state index in [1.165, 1.54) is 12.0 Å². The number of hydrogen-bond donors (Lipinski definition) is 1. The van der Waals surface area contributed by atoms with Gasteiger partial charge >= 0.3 is 6.03 Å². The molecule has 0 bridgehead atoms. The van der Waals surface area contributed by atoms with Crippen molar-refractivity contribution >= 4 is 29.2 Å². The van der Waals surface area contributed by atoms with E-state index in [1.807, 2.05) is 4.90 Å². The van der Waals surface area contributed by atoms with Crippen molar-refractivity contribution in [2.45, 2.75) is 19.3 Å². The third kappa shape index (κ3) is 5.48. The number of rotatable bonds is 7. The highest BCUT2D eigenvalue weighted by molar-refractivity contribution is 6.31. The lowest BCUT2D eigenvalue weighted by molar-refractivity contribution is 0.0793. The van der Waals surface area contributed by atoms with Crippen LogP contribution in [0.4, 0.5) is 10.5 Å². The molecule has 9 nitrogen and oxygen atoms in total. The number of nitrogens with zero attached hydrogens (tertiary/aromatic N) is 4. The molecule has 3 aromatic rings. The average molecular weight is 484 g/mol. The van der Waals surface area contributed by atoms with Gasteiger partial charge < -0.3 is 24.4 Å². The molecule has 1 fully saturated rings. The molecular formula is C24H26ClN5O4. The second-order valence-electron chi connectivity index (χ2n) is 8.04. The Kier molecular flexibility index (Phi) is 7.32. The Bertz CT molecular complexity index is 1160. The molecule has 10 heteroatoms. The van der Waals surface area contributed by atoms with Crippen molar-refractivity contribution in [2.24, 2.45) is 0 Å². The van der Waals surface area contributed by atoms with Crippen molar-refractivity contribution in [1.82, 2.24) is 19.9 Å². The van der Waals surface area contributed by atoms with Crippen molar-refractivity contribution in [2.75, 3.05) is 39.1 Å². The predicted molar refractivity (Wildman–Crippen MR) is 128 cm³/mol. The molecule has 3 amide bonds. The van der Waals surface area contributed by atoms with E-state index in [1.54, 1.807) is 49.5 Å². The van der Waals surface area contributed by atoms with E-state index in [-0.39, 0.29) is 11.9 Å². The summed E-state index contributed by atoms with van der Waals surface area (Å²) in [5.74, 6) is 1.41. The fraction of sp³-hybridized carbons (Fsp3) is 0.333. The summed E-state index contributed by atoms with van der Waals surface area (Å²) in [4.78, 5) is 32.8. The maximum absolute atomic E-state index is 12.5. The molecule has 1 saturated heterocycles. The van der Waals surface area contributed by atoms with Gasteiger partial charge in [-0.2, -0.15) is 4.98 Å². The normalized spacial score (nSPS) is 13.1. The lowest BCUT2D eigenvalue weighted by Crippen LogP contribution is -2.33. The molecule has 2 aromatic carbocycles. The highest BCUT2D eigenvalue weighted by Crippen LogP contribution is 2.28. The minimum Gasteiger partial charge on any atom is -0.495 e. The van der Waals surface area contributed by atoms with Crippen LogP contribution in [0.2, 0.25) is 5.02 Å². The van der Waals surface area contributed by atoms with Gasteiger partial charge in [0.25, 0.3) is 11.8 Å². The van der Waals surface area contributed by atoms with Crippen LogP contribution in [0.15, 0.2) is 47.0 Å². The first-order valence-corrected chi connectivity index (χ1v) is 11.4. The number of aromatic nitrogens is 2. The molecule has 0 spiro atoms. The number of urea groups is 1. The molecule has 1 aromatic heterocycles. The molecule has 0 atom stereocenters. The number of halogens is 1. The van der Waals surface area contributed by atoms with E-state index in [0.29, 0.717) is 46.7 Å². The third-order valence-electron chi connectivity index (χ3n) is 5.66. The number of methoxy groups -OCH3 is 1. The fourth-order valence-electron chi connectivity index (χ4n) is 3.69. The molecule has 4 rings (SSSR count). The van der Waals surface area contributed by atoms with Gasteiger partial charge in [0.2, 0.25) is 0 Å². The van der Waals surface area contributed by atoms with Gasteiger partial charge in [0.1, 0.15) is 5.75 Å². The van der Waals surface area contributed by atoms with Gasteiger partial charge in [-0.15, -0.1) is 0 Å². The van der Waals surface area contributed by atoms with Crippen molar-refractivity contribution in [3.05, 3.63) is 58.9 Å². The Morgan fingerprint density at radius 3 is 2.62 bits per heavy atom. The van der Waals surface area contributed by atoms with Gasteiger partial charge in [-0.05, 0) is 55.3 Å². The Morgan fingerprint density at radius 2 is 1.91 bits per heavy atom. The Morgan fingerprint density at radius 1 is 1.18 bits per heavy atom. The van der Waals surface area contributed by atoms with E-state index < -0.39 is 0 Å². The summed E-state index contributed by atoms with van der Waals surface area (Å²) < 4.78 is 10.6. The first kappa shape index (κ1) is 23.6. The molecule has 0 saturated carbocycles. The van der Waals surface area contributed by atoms with Gasteiger partial charge in [0.15, 0.2) is 5.82 Å². The Hall–Kier alpha value is -3.59. The Labute approximate surface area is 202 Å². The highest BCUT2D eigenvalue weighted by atomic mass is 35.5. The zero-order chi connectivity index (χ0) is 24.1. The molecule has 1 aliphatic heterocycles. The van der Waals surface area contributed by atoms with E-state index >= 15 is 0 Å². The first-order chi connectivity index (χ1) is 16.4. The van der Waals surface area contributed by atoms with Gasteiger partial charge in [-0.3, -0.25) is 4.79 Å². The minimum absolute atomic E-state index is 0.0481. The summed E-state index contributed by atoms with van der Waals surface area (Å²) in [6.45, 7) is 2.00. The third-order valence-corrected chi connectivity index (χ3v) is 5.90. The second-order valence-corrected chi connectivity index (χ2v) is 8.48. The number of likely N-dealkylation sites (tertiary alicyclic amines) is 1. The maximum Gasteiger partial charge on any atom is 0.321 e. The molecule has 0 radical (unpaired) electrons. The quantitative estimate of drug-likeness (QED) is 0.536. The molecule has 0 aliphatic carbocycles. The number of benzene rings is 2. The van der Waals surface area contributed by atoms with Crippen LogP contribution in [0.25, 0.3) is 11.5 Å². The van der Waals surface area contributed by atoms with Crippen LogP contribution in [0.5, 0.6) is 5.75 Å². The van der Waals surface area contributed by atoms with Gasteiger partial charge in [0, 0.05) is 49.3 Å². The molecule has 2 heterocycles. The first-order valence-electron chi connectivity index (χ1n) is 11.0. The van der Waals surface area contributed by atoms with Crippen molar-refractivity contribution in [3.8, 4) is 17.2 Å². The van der Waals surface area contributed by atoms with Crippen LogP contribution in [0.1, 0.15) is 29.0 Å². The number of hydrogen-bond acceptors (Lipinski definition) is 6. The summed E-state index contributed by atoms with van der Waals surface area (Å²) in [6.07, 6.45) is 2.52. The summed E-state index contributed by atoms with van der Waals surface area (Å²) in [5, 5.41) is 7.29. The van der Waals surface area contributed by atoms with Crippen LogP contribution < -0.4 is 10.1 Å². The molecule has 1 aliphatic rings. The van der Waals surface area contributed by atoms with E-state index in [0.717, 1.165) is 31.5 Å². The summed E-state index contributed by atoms with van der Waals surface area (Å²) in [5.41, 5.74) is 1.87. The number of nitrogens with one attached hydrogen (secondary N) is 1. The van der Waals surface area contributed by atoms with Crippen molar-refractivity contribution in [3.63, 3.8) is 0 Å². The summed E-state index contributed by atoms with van der Waals surface area (Å²) in [7, 11) is 3.19. The number of carbonyl (C=O) groups excluding carboxylic acids is 2. The molecule has 0 unspecified atom stereocenters. The molecule has 178 valence electrons. The average Bonchev–Trinajstić information content (AvgIpc) is 3.55. The van der Waals surface area contributed by atoms with E-state index in [2.05, 4.69) is 15.5 Å². The number of amides is 3. The fourth-order valence-corrected chi connectivity index (χ4v) is 3.86. The summed E-state index contributed by atoms with van der Waals surface area (Å²) >= 11 is 6.02. The van der Waals surface area contributed by atoms with Gasteiger partial charge in [-0.1, -0.05) is 16.8 Å². The van der Waals surface area contributed by atoms with Crippen LogP contribution in [0.3, 0.4) is 0 Å². The van der Waals surface area contributed by atoms with Gasteiger partial charge in [0.05, 0.1) is 12.8 Å². The van der Waals surface area contributed by atoms with Crippen LogP contribution in [0, 0.1) is 0 Å². The standard InChI is InChI=1S/C24H26ClN5O4/c1-29(24(32)26-19-15-18(25)9-10-20(19)33-2)14-11-21-27-22(34-28-21)16-5-7-17(8-6-16)23(31)30-12-3-4-13-30/h5-10,15H,3-4,11-14H2,1-2H3,(H,26,32). The van der Waals surface area contributed by atoms with Crippen molar-refractivity contribution in [1.29, 1.82) is 0 Å². The van der Waals surface area contributed by atoms with E-state index in [9.17, 15) is 9.59 Å². The number of likely N-dealkylation sites (N-methyl/N-ethyl adjacent to an activating group) is 1. The molecular weight excluding hydrogens is 458 g/mol. The number of carbonyl (C=O) groups is 2. The zero-order valence-electron chi connectivity index (χ0n) is 19.1. The highest BCUT2D eigenvalue weighted by Gasteiger charge is 2.20. The number of anilines is 1.